The minimum absolute atomic E-state index is 0.216. The van der Waals surface area contributed by atoms with Gasteiger partial charge in [-0.05, 0) is 56.8 Å². The van der Waals surface area contributed by atoms with Gasteiger partial charge in [-0.3, -0.25) is 4.79 Å². The Kier molecular flexibility index (Phi) is 3.88. The zero-order valence-corrected chi connectivity index (χ0v) is 12.0. The highest BCUT2D eigenvalue weighted by Crippen LogP contribution is 2.38. The maximum absolute atomic E-state index is 12.8. The summed E-state index contributed by atoms with van der Waals surface area (Å²) in [7, 11) is 2.20. The lowest BCUT2D eigenvalue weighted by molar-refractivity contribution is -0.125. The van der Waals surface area contributed by atoms with Gasteiger partial charge in [0.05, 0.1) is 0 Å². The molecule has 3 heteroatoms. The summed E-state index contributed by atoms with van der Waals surface area (Å²) in [5, 5.41) is 0. The number of aryl methyl sites for hydroxylation is 1. The summed E-state index contributed by atoms with van der Waals surface area (Å²) in [6.07, 6.45) is 5.91. The Balaban J connectivity index is 1.54. The van der Waals surface area contributed by atoms with E-state index in [1.165, 1.54) is 25.0 Å². The Bertz CT molecular complexity index is 470. The molecule has 3 rings (SSSR count). The molecular weight excluding hydrogens is 253 g/mol. The van der Waals surface area contributed by atoms with Crippen molar-refractivity contribution in [2.75, 3.05) is 7.05 Å². The van der Waals surface area contributed by atoms with Crippen LogP contribution in [-0.4, -0.2) is 29.8 Å². The van der Waals surface area contributed by atoms with Gasteiger partial charge in [-0.2, -0.15) is 0 Å². The third-order valence-corrected chi connectivity index (χ3v) is 5.13. The molecule has 0 amide bonds. The molecule has 2 atom stereocenters. The molecule has 0 radical (unpaired) electrons. The number of carbonyl (C=O) groups excluding carboxylic acids is 1. The number of hydrogen-bond donors (Lipinski definition) is 0. The Labute approximate surface area is 120 Å². The van der Waals surface area contributed by atoms with Gasteiger partial charge in [0.25, 0.3) is 0 Å². The van der Waals surface area contributed by atoms with Crippen LogP contribution in [0.3, 0.4) is 0 Å². The summed E-state index contributed by atoms with van der Waals surface area (Å²) in [5.41, 5.74) is 1.05. The number of ketones is 1. The molecule has 1 aromatic carbocycles. The van der Waals surface area contributed by atoms with E-state index >= 15 is 0 Å². The molecule has 2 nitrogen and oxygen atoms in total. The SMILES string of the molecule is CN1C2CCC1CC(C(=O)CCc1ccc(F)cc1)C2. The lowest BCUT2D eigenvalue weighted by Gasteiger charge is -2.35. The Hall–Kier alpha value is -1.22. The molecule has 2 aliphatic heterocycles. The lowest BCUT2D eigenvalue weighted by atomic mass is 9.85. The van der Waals surface area contributed by atoms with Gasteiger partial charge in [-0.25, -0.2) is 4.39 Å². The first-order chi connectivity index (χ1) is 9.63. The van der Waals surface area contributed by atoms with E-state index in [1.54, 1.807) is 12.1 Å². The van der Waals surface area contributed by atoms with Gasteiger partial charge in [-0.15, -0.1) is 0 Å². The first-order valence-corrected chi connectivity index (χ1v) is 7.62. The van der Waals surface area contributed by atoms with Crippen LogP contribution < -0.4 is 0 Å². The number of rotatable bonds is 4. The van der Waals surface area contributed by atoms with Crippen molar-refractivity contribution in [3.63, 3.8) is 0 Å². The molecule has 0 aromatic heterocycles. The number of Topliss-reactive ketones (excluding diaryl/α,β-unsaturated/α-hetero) is 1. The van der Waals surface area contributed by atoms with Crippen molar-refractivity contribution in [1.82, 2.24) is 4.90 Å². The zero-order valence-electron chi connectivity index (χ0n) is 12.0. The molecule has 0 N–H and O–H groups in total. The Morgan fingerprint density at radius 1 is 1.20 bits per heavy atom. The van der Waals surface area contributed by atoms with Gasteiger partial charge in [0.1, 0.15) is 11.6 Å². The fourth-order valence-corrected chi connectivity index (χ4v) is 3.80. The van der Waals surface area contributed by atoms with Crippen molar-refractivity contribution in [2.45, 2.75) is 50.6 Å². The fourth-order valence-electron chi connectivity index (χ4n) is 3.80. The van der Waals surface area contributed by atoms with Crippen LogP contribution in [0.1, 0.15) is 37.7 Å². The molecule has 2 saturated heterocycles. The first kappa shape index (κ1) is 13.7. The predicted octanol–water partition coefficient (Wildman–Crippen LogP) is 3.20. The van der Waals surface area contributed by atoms with Gasteiger partial charge in [0.2, 0.25) is 0 Å². The maximum Gasteiger partial charge on any atom is 0.136 e. The second kappa shape index (κ2) is 5.65. The highest BCUT2D eigenvalue weighted by molar-refractivity contribution is 5.81. The van der Waals surface area contributed by atoms with Crippen molar-refractivity contribution in [2.24, 2.45) is 5.92 Å². The summed E-state index contributed by atoms with van der Waals surface area (Å²) in [6, 6.07) is 7.73. The van der Waals surface area contributed by atoms with Crippen LogP contribution in [0, 0.1) is 11.7 Å². The van der Waals surface area contributed by atoms with Crippen LogP contribution >= 0.6 is 0 Å². The van der Waals surface area contributed by atoms with Crippen LogP contribution in [-0.2, 0) is 11.2 Å². The average molecular weight is 275 g/mol. The van der Waals surface area contributed by atoms with Crippen LogP contribution in [0.2, 0.25) is 0 Å². The van der Waals surface area contributed by atoms with Crippen LogP contribution in [0.15, 0.2) is 24.3 Å². The molecule has 2 fully saturated rings. The summed E-state index contributed by atoms with van der Waals surface area (Å²) < 4.78 is 12.8. The van der Waals surface area contributed by atoms with E-state index in [1.807, 2.05) is 0 Å². The molecule has 1 aromatic rings. The highest BCUT2D eigenvalue weighted by atomic mass is 19.1. The van der Waals surface area contributed by atoms with Gasteiger partial charge >= 0.3 is 0 Å². The number of nitrogens with zero attached hydrogens (tertiary/aromatic N) is 1. The predicted molar refractivity (Wildman–Crippen MR) is 77.0 cm³/mol. The quantitative estimate of drug-likeness (QED) is 0.841. The van der Waals surface area contributed by atoms with Gasteiger partial charge in [0.15, 0.2) is 0 Å². The van der Waals surface area contributed by atoms with E-state index in [4.69, 9.17) is 0 Å². The Morgan fingerprint density at radius 3 is 2.40 bits per heavy atom. The molecule has 0 spiro atoms. The molecule has 0 saturated carbocycles. The minimum atomic E-state index is -0.216. The molecule has 20 heavy (non-hydrogen) atoms. The number of fused-ring (bicyclic) bond motifs is 2. The van der Waals surface area contributed by atoms with E-state index in [9.17, 15) is 9.18 Å². The normalized spacial score (nSPS) is 29.6. The lowest BCUT2D eigenvalue weighted by Crippen LogP contribution is -2.42. The number of carbonyl (C=O) groups is 1. The number of hydrogen-bond acceptors (Lipinski definition) is 2. The molecule has 2 unspecified atom stereocenters. The van der Waals surface area contributed by atoms with Crippen LogP contribution in [0.4, 0.5) is 4.39 Å². The maximum atomic E-state index is 12.8. The molecule has 108 valence electrons. The van der Waals surface area contributed by atoms with Crippen LogP contribution in [0.25, 0.3) is 0 Å². The van der Waals surface area contributed by atoms with E-state index in [0.29, 0.717) is 24.3 Å². The van der Waals surface area contributed by atoms with E-state index in [-0.39, 0.29) is 11.7 Å². The number of halogens is 1. The van der Waals surface area contributed by atoms with E-state index in [2.05, 4.69) is 11.9 Å². The standard InChI is InChI=1S/C17H22FNO/c1-19-15-7-8-16(19)11-13(10-15)17(20)9-4-12-2-5-14(18)6-3-12/h2-3,5-6,13,15-16H,4,7-11H2,1H3. The van der Waals surface area contributed by atoms with Gasteiger partial charge < -0.3 is 4.90 Å². The molecule has 2 bridgehead atoms. The molecule has 2 heterocycles. The fraction of sp³-hybridized carbons (Fsp3) is 0.588. The van der Waals surface area contributed by atoms with Crippen molar-refractivity contribution in [3.8, 4) is 0 Å². The van der Waals surface area contributed by atoms with E-state index in [0.717, 1.165) is 24.8 Å². The van der Waals surface area contributed by atoms with Crippen molar-refractivity contribution < 1.29 is 9.18 Å². The topological polar surface area (TPSA) is 20.3 Å². The third kappa shape index (κ3) is 2.78. The monoisotopic (exact) mass is 275 g/mol. The highest BCUT2D eigenvalue weighted by Gasteiger charge is 2.40. The van der Waals surface area contributed by atoms with Crippen molar-refractivity contribution >= 4 is 5.78 Å². The number of benzene rings is 1. The van der Waals surface area contributed by atoms with Gasteiger partial charge in [0, 0.05) is 24.4 Å². The zero-order chi connectivity index (χ0) is 14.1. The van der Waals surface area contributed by atoms with Crippen molar-refractivity contribution in [1.29, 1.82) is 0 Å². The van der Waals surface area contributed by atoms with Crippen LogP contribution in [0.5, 0.6) is 0 Å². The number of piperidine rings is 1. The smallest absolute Gasteiger partial charge is 0.136 e. The minimum Gasteiger partial charge on any atom is -0.300 e. The summed E-state index contributed by atoms with van der Waals surface area (Å²) >= 11 is 0. The molecule has 0 aliphatic carbocycles. The second-order valence-corrected chi connectivity index (χ2v) is 6.31. The largest absolute Gasteiger partial charge is 0.300 e. The van der Waals surface area contributed by atoms with E-state index < -0.39 is 0 Å². The first-order valence-electron chi connectivity index (χ1n) is 7.62. The summed E-state index contributed by atoms with van der Waals surface area (Å²) in [6.45, 7) is 0. The third-order valence-electron chi connectivity index (χ3n) is 5.13. The average Bonchev–Trinajstić information content (AvgIpc) is 2.67. The van der Waals surface area contributed by atoms with Gasteiger partial charge in [-0.1, -0.05) is 12.1 Å². The van der Waals surface area contributed by atoms with Crippen molar-refractivity contribution in [3.05, 3.63) is 35.6 Å². The summed E-state index contributed by atoms with van der Waals surface area (Å²) in [4.78, 5) is 14.8. The molecular formula is C17H22FNO. The second-order valence-electron chi connectivity index (χ2n) is 6.31. The summed E-state index contributed by atoms with van der Waals surface area (Å²) in [5.74, 6) is 0.440. The molecule has 2 aliphatic rings. The Morgan fingerprint density at radius 2 is 1.80 bits per heavy atom.